The third-order valence-electron chi connectivity index (χ3n) is 3.23. The number of carbonyl (C=O) groups excluding carboxylic acids is 2. The lowest BCUT2D eigenvalue weighted by Crippen LogP contribution is -2.31. The van der Waals surface area contributed by atoms with E-state index in [9.17, 15) is 9.59 Å². The Morgan fingerprint density at radius 1 is 1.29 bits per heavy atom. The molecular formula is C15H22N4O2. The number of urea groups is 1. The van der Waals surface area contributed by atoms with Crippen LogP contribution in [0.15, 0.2) is 24.3 Å². The Kier molecular flexibility index (Phi) is 5.57. The molecule has 0 unspecified atom stereocenters. The molecule has 21 heavy (non-hydrogen) atoms. The van der Waals surface area contributed by atoms with Gasteiger partial charge in [-0.1, -0.05) is 12.1 Å². The third kappa shape index (κ3) is 5.83. The van der Waals surface area contributed by atoms with Crippen molar-refractivity contribution in [2.24, 2.45) is 5.73 Å². The van der Waals surface area contributed by atoms with Crippen LogP contribution in [0, 0.1) is 0 Å². The number of nitrogens with one attached hydrogen (secondary N) is 3. The molecule has 6 nitrogen and oxygen atoms in total. The summed E-state index contributed by atoms with van der Waals surface area (Å²) in [6.45, 7) is 0.910. The maximum atomic E-state index is 11.7. The first kappa shape index (κ1) is 15.3. The molecule has 1 aromatic carbocycles. The Labute approximate surface area is 124 Å². The first-order valence-corrected chi connectivity index (χ1v) is 7.30. The zero-order chi connectivity index (χ0) is 15.1. The summed E-state index contributed by atoms with van der Waals surface area (Å²) in [4.78, 5) is 23.1. The normalized spacial score (nSPS) is 13.6. The Bertz CT molecular complexity index is 500. The van der Waals surface area contributed by atoms with Gasteiger partial charge in [0.15, 0.2) is 0 Å². The van der Waals surface area contributed by atoms with Crippen molar-refractivity contribution < 1.29 is 9.59 Å². The van der Waals surface area contributed by atoms with Gasteiger partial charge in [0.25, 0.3) is 0 Å². The second-order valence-electron chi connectivity index (χ2n) is 5.23. The van der Waals surface area contributed by atoms with Crippen molar-refractivity contribution in [1.82, 2.24) is 10.6 Å². The minimum absolute atomic E-state index is 0.0651. The van der Waals surface area contributed by atoms with Crippen molar-refractivity contribution in [2.75, 3.05) is 11.9 Å². The molecule has 0 atom stereocenters. The summed E-state index contributed by atoms with van der Waals surface area (Å²) >= 11 is 0. The molecule has 0 aromatic heterocycles. The van der Waals surface area contributed by atoms with Gasteiger partial charge in [-0.05, 0) is 37.0 Å². The first-order chi connectivity index (χ1) is 10.2. The SMILES string of the molecule is NCc1cccc(NC(=O)NCCCC(=O)NC2CC2)c1. The summed E-state index contributed by atoms with van der Waals surface area (Å²) in [7, 11) is 0. The molecule has 1 fully saturated rings. The second kappa shape index (κ2) is 7.64. The van der Waals surface area contributed by atoms with E-state index in [0.717, 1.165) is 18.4 Å². The quantitative estimate of drug-likeness (QED) is 0.570. The van der Waals surface area contributed by atoms with Crippen LogP contribution in [0.4, 0.5) is 10.5 Å². The van der Waals surface area contributed by atoms with Gasteiger partial charge in [-0.2, -0.15) is 0 Å². The molecule has 3 amide bonds. The van der Waals surface area contributed by atoms with Crippen molar-refractivity contribution in [3.63, 3.8) is 0 Å². The summed E-state index contributed by atoms with van der Waals surface area (Å²) in [5.41, 5.74) is 7.22. The smallest absolute Gasteiger partial charge is 0.319 e. The van der Waals surface area contributed by atoms with Crippen LogP contribution in [0.3, 0.4) is 0 Å². The van der Waals surface area contributed by atoms with Gasteiger partial charge in [-0.25, -0.2) is 4.79 Å². The number of hydrogen-bond donors (Lipinski definition) is 4. The summed E-state index contributed by atoms with van der Waals surface area (Å²) < 4.78 is 0. The molecule has 1 aliphatic rings. The number of benzene rings is 1. The molecule has 0 heterocycles. The summed E-state index contributed by atoms with van der Waals surface area (Å²) in [6, 6.07) is 7.52. The fourth-order valence-electron chi connectivity index (χ4n) is 1.93. The van der Waals surface area contributed by atoms with Crippen LogP contribution in [-0.2, 0) is 11.3 Å². The van der Waals surface area contributed by atoms with E-state index >= 15 is 0 Å². The standard InChI is InChI=1S/C15H22N4O2/c16-10-11-3-1-4-13(9-11)19-15(21)17-8-2-5-14(20)18-12-6-7-12/h1,3-4,9,12H,2,5-8,10,16H2,(H,18,20)(H2,17,19,21). The average Bonchev–Trinajstić information content (AvgIpc) is 3.27. The molecule has 0 saturated heterocycles. The molecule has 5 N–H and O–H groups in total. The molecule has 114 valence electrons. The number of rotatable bonds is 7. The first-order valence-electron chi connectivity index (χ1n) is 7.30. The zero-order valence-electron chi connectivity index (χ0n) is 12.0. The van der Waals surface area contributed by atoms with Gasteiger partial charge in [-0.3, -0.25) is 4.79 Å². The van der Waals surface area contributed by atoms with E-state index in [-0.39, 0.29) is 11.9 Å². The van der Waals surface area contributed by atoms with E-state index < -0.39 is 0 Å². The molecule has 0 aliphatic heterocycles. The van der Waals surface area contributed by atoms with Gasteiger partial charge >= 0.3 is 6.03 Å². The van der Waals surface area contributed by atoms with E-state index in [4.69, 9.17) is 5.73 Å². The Hall–Kier alpha value is -2.08. The minimum atomic E-state index is -0.272. The van der Waals surface area contributed by atoms with E-state index in [1.807, 2.05) is 24.3 Å². The highest BCUT2D eigenvalue weighted by atomic mass is 16.2. The van der Waals surface area contributed by atoms with Crippen molar-refractivity contribution in [3.8, 4) is 0 Å². The molecule has 0 bridgehead atoms. The number of hydrogen-bond acceptors (Lipinski definition) is 3. The average molecular weight is 290 g/mol. The Morgan fingerprint density at radius 2 is 2.10 bits per heavy atom. The van der Waals surface area contributed by atoms with Crippen LogP contribution in [0.2, 0.25) is 0 Å². The molecule has 2 rings (SSSR count). The van der Waals surface area contributed by atoms with Crippen LogP contribution in [0.25, 0.3) is 0 Å². The van der Waals surface area contributed by atoms with Gasteiger partial charge in [-0.15, -0.1) is 0 Å². The maximum absolute atomic E-state index is 11.7. The molecule has 0 radical (unpaired) electrons. The highest BCUT2D eigenvalue weighted by Crippen LogP contribution is 2.18. The second-order valence-corrected chi connectivity index (χ2v) is 5.23. The summed E-state index contributed by atoms with van der Waals surface area (Å²) in [6.07, 6.45) is 3.26. The van der Waals surface area contributed by atoms with Crippen molar-refractivity contribution in [1.29, 1.82) is 0 Å². The van der Waals surface area contributed by atoms with Gasteiger partial charge < -0.3 is 21.7 Å². The van der Waals surface area contributed by atoms with Gasteiger partial charge in [0.05, 0.1) is 0 Å². The van der Waals surface area contributed by atoms with Gasteiger partial charge in [0, 0.05) is 31.2 Å². The predicted molar refractivity (Wildman–Crippen MR) is 81.8 cm³/mol. The van der Waals surface area contributed by atoms with Gasteiger partial charge in [0.2, 0.25) is 5.91 Å². The predicted octanol–water partition coefficient (Wildman–Crippen LogP) is 1.33. The van der Waals surface area contributed by atoms with Crippen LogP contribution >= 0.6 is 0 Å². The van der Waals surface area contributed by atoms with Crippen molar-refractivity contribution in [3.05, 3.63) is 29.8 Å². The fraction of sp³-hybridized carbons (Fsp3) is 0.467. The highest BCUT2D eigenvalue weighted by molar-refractivity contribution is 5.89. The monoisotopic (exact) mass is 290 g/mol. The minimum Gasteiger partial charge on any atom is -0.353 e. The van der Waals surface area contributed by atoms with E-state index in [1.165, 1.54) is 0 Å². The fourth-order valence-corrected chi connectivity index (χ4v) is 1.93. The molecule has 1 aliphatic carbocycles. The number of anilines is 1. The number of carbonyl (C=O) groups is 2. The molecule has 0 spiro atoms. The lowest BCUT2D eigenvalue weighted by atomic mass is 10.2. The summed E-state index contributed by atoms with van der Waals surface area (Å²) in [5.74, 6) is 0.0651. The van der Waals surface area contributed by atoms with Crippen LogP contribution in [0.1, 0.15) is 31.2 Å². The maximum Gasteiger partial charge on any atom is 0.319 e. The molecular weight excluding hydrogens is 268 g/mol. The lowest BCUT2D eigenvalue weighted by molar-refractivity contribution is -0.121. The molecule has 6 heteroatoms. The zero-order valence-corrected chi connectivity index (χ0v) is 12.0. The third-order valence-corrected chi connectivity index (χ3v) is 3.23. The van der Waals surface area contributed by atoms with E-state index in [2.05, 4.69) is 16.0 Å². The van der Waals surface area contributed by atoms with E-state index in [1.54, 1.807) is 0 Å². The highest BCUT2D eigenvalue weighted by Gasteiger charge is 2.22. The van der Waals surface area contributed by atoms with Crippen LogP contribution in [0.5, 0.6) is 0 Å². The topological polar surface area (TPSA) is 96.2 Å². The Morgan fingerprint density at radius 3 is 2.81 bits per heavy atom. The van der Waals surface area contributed by atoms with Crippen molar-refractivity contribution in [2.45, 2.75) is 38.3 Å². The largest absolute Gasteiger partial charge is 0.353 e. The number of nitrogens with two attached hydrogens (primary N) is 1. The molecule has 1 aromatic rings. The van der Waals surface area contributed by atoms with Gasteiger partial charge in [0.1, 0.15) is 0 Å². The van der Waals surface area contributed by atoms with Crippen LogP contribution < -0.4 is 21.7 Å². The lowest BCUT2D eigenvalue weighted by Gasteiger charge is -2.08. The molecule has 1 saturated carbocycles. The summed E-state index contributed by atoms with van der Waals surface area (Å²) in [5, 5.41) is 8.39. The van der Waals surface area contributed by atoms with E-state index in [0.29, 0.717) is 37.7 Å². The Balaban J connectivity index is 1.61. The van der Waals surface area contributed by atoms with Crippen LogP contribution in [-0.4, -0.2) is 24.5 Å². The number of amides is 3. The van der Waals surface area contributed by atoms with Crippen molar-refractivity contribution >= 4 is 17.6 Å².